The number of benzene rings is 2. The van der Waals surface area contributed by atoms with Crippen LogP contribution >= 0.6 is 12.2 Å². The Balaban J connectivity index is 2.15. The summed E-state index contributed by atoms with van der Waals surface area (Å²) < 4.78 is 4.74. The van der Waals surface area contributed by atoms with Crippen molar-refractivity contribution in [2.24, 2.45) is 0 Å². The predicted octanol–water partition coefficient (Wildman–Crippen LogP) is 4.21. The van der Waals surface area contributed by atoms with E-state index in [1.165, 1.54) is 12.7 Å². The summed E-state index contributed by atoms with van der Waals surface area (Å²) in [6, 6.07) is 11.4. The summed E-state index contributed by atoms with van der Waals surface area (Å²) in [4.78, 5) is 11.6. The number of hydrogen-bond acceptors (Lipinski definition) is 3. The Kier molecular flexibility index (Phi) is 5.34. The second-order valence-electron chi connectivity index (χ2n) is 5.42. The number of nitrogens with one attached hydrogen (secondary N) is 2. The normalized spacial score (nSPS) is 10.1. The van der Waals surface area contributed by atoms with Gasteiger partial charge >= 0.3 is 5.97 Å². The minimum atomic E-state index is -0.374. The van der Waals surface area contributed by atoms with Crippen molar-refractivity contribution in [3.63, 3.8) is 0 Å². The molecule has 23 heavy (non-hydrogen) atoms. The molecule has 0 radical (unpaired) electrons. The lowest BCUT2D eigenvalue weighted by Gasteiger charge is -2.15. The Morgan fingerprint density at radius 1 is 0.957 bits per heavy atom. The fourth-order valence-corrected chi connectivity index (χ4v) is 2.45. The molecular formula is C18H20N2O2S. The Morgan fingerprint density at radius 3 is 2.30 bits per heavy atom. The molecule has 0 aromatic heterocycles. The predicted molar refractivity (Wildman–Crippen MR) is 98.3 cm³/mol. The van der Waals surface area contributed by atoms with Crippen molar-refractivity contribution in [3.05, 3.63) is 58.7 Å². The molecule has 2 N–H and O–H groups in total. The third-order valence-corrected chi connectivity index (χ3v) is 3.74. The van der Waals surface area contributed by atoms with Crippen LogP contribution < -0.4 is 10.6 Å². The fourth-order valence-electron chi connectivity index (χ4n) is 2.23. The molecule has 0 amide bonds. The van der Waals surface area contributed by atoms with Crippen LogP contribution in [0.1, 0.15) is 27.0 Å². The van der Waals surface area contributed by atoms with Gasteiger partial charge in [-0.05, 0) is 62.3 Å². The third-order valence-electron chi connectivity index (χ3n) is 3.54. The van der Waals surface area contributed by atoms with E-state index in [1.807, 2.05) is 32.0 Å². The van der Waals surface area contributed by atoms with Gasteiger partial charge < -0.3 is 15.4 Å². The SMILES string of the molecule is COC(=O)c1ccc(C)c(NC(=S)Nc2ccc(C)cc2C)c1. The number of hydrogen-bond donors (Lipinski definition) is 2. The number of esters is 1. The van der Waals surface area contributed by atoms with Crippen molar-refractivity contribution in [2.45, 2.75) is 20.8 Å². The number of rotatable bonds is 3. The molecule has 2 rings (SSSR count). The number of carbonyl (C=O) groups excluding carboxylic acids is 1. The third kappa shape index (κ3) is 4.29. The lowest BCUT2D eigenvalue weighted by Crippen LogP contribution is -2.20. The van der Waals surface area contributed by atoms with E-state index in [0.29, 0.717) is 10.7 Å². The topological polar surface area (TPSA) is 50.4 Å². The molecule has 2 aromatic carbocycles. The fraction of sp³-hybridized carbons (Fsp3) is 0.222. The van der Waals surface area contributed by atoms with E-state index in [1.54, 1.807) is 12.1 Å². The maximum Gasteiger partial charge on any atom is 0.337 e. The largest absolute Gasteiger partial charge is 0.465 e. The van der Waals surface area contributed by atoms with Crippen LogP contribution in [0.5, 0.6) is 0 Å². The molecule has 0 saturated heterocycles. The van der Waals surface area contributed by atoms with Crippen molar-refractivity contribution in [1.29, 1.82) is 0 Å². The van der Waals surface area contributed by atoms with E-state index in [2.05, 4.69) is 23.6 Å². The lowest BCUT2D eigenvalue weighted by atomic mass is 10.1. The van der Waals surface area contributed by atoms with E-state index in [0.717, 1.165) is 22.5 Å². The molecule has 0 aliphatic rings. The molecule has 2 aromatic rings. The maximum absolute atomic E-state index is 11.6. The summed E-state index contributed by atoms with van der Waals surface area (Å²) in [5.74, 6) is -0.374. The summed E-state index contributed by atoms with van der Waals surface area (Å²) in [6.45, 7) is 6.03. The molecule has 0 aliphatic carbocycles. The maximum atomic E-state index is 11.6. The molecule has 0 atom stereocenters. The number of methoxy groups -OCH3 is 1. The number of anilines is 2. The van der Waals surface area contributed by atoms with Crippen LogP contribution in [0.2, 0.25) is 0 Å². The van der Waals surface area contributed by atoms with Crippen molar-refractivity contribution >= 4 is 34.7 Å². The standard InChI is InChI=1S/C18H20N2O2S/c1-11-5-8-15(13(3)9-11)19-18(23)20-16-10-14(17(21)22-4)7-6-12(16)2/h5-10H,1-4H3,(H2,19,20,23). The molecule has 4 nitrogen and oxygen atoms in total. The summed E-state index contributed by atoms with van der Waals surface area (Å²) in [5.41, 5.74) is 5.52. The van der Waals surface area contributed by atoms with E-state index >= 15 is 0 Å². The number of ether oxygens (including phenoxy) is 1. The highest BCUT2D eigenvalue weighted by Crippen LogP contribution is 2.20. The van der Waals surface area contributed by atoms with Gasteiger partial charge in [-0.15, -0.1) is 0 Å². The van der Waals surface area contributed by atoms with Gasteiger partial charge in [-0.25, -0.2) is 4.79 Å². The second kappa shape index (κ2) is 7.24. The highest BCUT2D eigenvalue weighted by molar-refractivity contribution is 7.80. The van der Waals surface area contributed by atoms with Gasteiger partial charge in [0.05, 0.1) is 12.7 Å². The zero-order chi connectivity index (χ0) is 17.0. The van der Waals surface area contributed by atoms with Crippen molar-refractivity contribution in [2.75, 3.05) is 17.7 Å². The Bertz CT molecular complexity index is 757. The number of carbonyl (C=O) groups is 1. The Labute approximate surface area is 141 Å². The highest BCUT2D eigenvalue weighted by atomic mass is 32.1. The van der Waals surface area contributed by atoms with E-state index < -0.39 is 0 Å². The van der Waals surface area contributed by atoms with Crippen LogP contribution in [0.25, 0.3) is 0 Å². The average molecular weight is 328 g/mol. The molecule has 0 unspecified atom stereocenters. The molecule has 0 spiro atoms. The molecule has 0 saturated carbocycles. The van der Waals surface area contributed by atoms with Crippen LogP contribution in [0.15, 0.2) is 36.4 Å². The van der Waals surface area contributed by atoms with E-state index in [4.69, 9.17) is 17.0 Å². The van der Waals surface area contributed by atoms with Gasteiger partial charge in [0.15, 0.2) is 5.11 Å². The highest BCUT2D eigenvalue weighted by Gasteiger charge is 2.09. The van der Waals surface area contributed by atoms with Gasteiger partial charge in [-0.1, -0.05) is 23.8 Å². The average Bonchev–Trinajstić information content (AvgIpc) is 2.51. The molecule has 0 aliphatic heterocycles. The first kappa shape index (κ1) is 17.0. The van der Waals surface area contributed by atoms with Crippen LogP contribution in [0.3, 0.4) is 0 Å². The molecule has 120 valence electrons. The molecule has 0 heterocycles. The van der Waals surface area contributed by atoms with Gasteiger partial charge in [-0.2, -0.15) is 0 Å². The first-order chi connectivity index (χ1) is 10.9. The van der Waals surface area contributed by atoms with Gasteiger partial charge in [0, 0.05) is 11.4 Å². The lowest BCUT2D eigenvalue weighted by molar-refractivity contribution is 0.0601. The minimum absolute atomic E-state index is 0.374. The molecule has 0 bridgehead atoms. The first-order valence-corrected chi connectivity index (χ1v) is 7.65. The molecule has 5 heteroatoms. The summed E-state index contributed by atoms with van der Waals surface area (Å²) in [5, 5.41) is 6.79. The summed E-state index contributed by atoms with van der Waals surface area (Å²) in [6.07, 6.45) is 0. The number of aryl methyl sites for hydroxylation is 3. The van der Waals surface area contributed by atoms with Crippen molar-refractivity contribution in [3.8, 4) is 0 Å². The van der Waals surface area contributed by atoms with Gasteiger partial charge in [0.25, 0.3) is 0 Å². The number of thiocarbonyl (C=S) groups is 1. The van der Waals surface area contributed by atoms with Crippen LogP contribution in [-0.2, 0) is 4.74 Å². The molecule has 0 fully saturated rings. The van der Waals surface area contributed by atoms with Crippen molar-refractivity contribution < 1.29 is 9.53 Å². The van der Waals surface area contributed by atoms with Crippen molar-refractivity contribution in [1.82, 2.24) is 0 Å². The Morgan fingerprint density at radius 2 is 1.65 bits per heavy atom. The zero-order valence-corrected chi connectivity index (χ0v) is 14.5. The first-order valence-electron chi connectivity index (χ1n) is 7.25. The summed E-state index contributed by atoms with van der Waals surface area (Å²) >= 11 is 5.37. The van der Waals surface area contributed by atoms with E-state index in [-0.39, 0.29) is 5.97 Å². The monoisotopic (exact) mass is 328 g/mol. The molecular weight excluding hydrogens is 308 g/mol. The van der Waals surface area contributed by atoms with Crippen LogP contribution in [0.4, 0.5) is 11.4 Å². The van der Waals surface area contributed by atoms with Gasteiger partial charge in [0.1, 0.15) is 0 Å². The smallest absolute Gasteiger partial charge is 0.337 e. The quantitative estimate of drug-likeness (QED) is 0.653. The van der Waals surface area contributed by atoms with E-state index in [9.17, 15) is 4.79 Å². The van der Waals surface area contributed by atoms with Crippen LogP contribution in [0, 0.1) is 20.8 Å². The van der Waals surface area contributed by atoms with Crippen LogP contribution in [-0.4, -0.2) is 18.2 Å². The Hall–Kier alpha value is -2.40. The van der Waals surface area contributed by atoms with Gasteiger partial charge in [0.2, 0.25) is 0 Å². The zero-order valence-electron chi connectivity index (χ0n) is 13.7. The minimum Gasteiger partial charge on any atom is -0.465 e. The summed E-state index contributed by atoms with van der Waals surface area (Å²) in [7, 11) is 1.36. The van der Waals surface area contributed by atoms with Gasteiger partial charge in [-0.3, -0.25) is 0 Å². The second-order valence-corrected chi connectivity index (χ2v) is 5.83.